The van der Waals surface area contributed by atoms with Crippen LogP contribution in [0.1, 0.15) is 30.0 Å². The van der Waals surface area contributed by atoms with E-state index < -0.39 is 11.2 Å². The highest BCUT2D eigenvalue weighted by Crippen LogP contribution is 2.31. The number of nitrogens with zero attached hydrogens (tertiary/aromatic N) is 7. The third-order valence-electron chi connectivity index (χ3n) is 6.90. The molecule has 4 heterocycles. The molecular formula is C26H26N8O2. The molecule has 182 valence electrons. The van der Waals surface area contributed by atoms with Crippen molar-refractivity contribution in [3.63, 3.8) is 0 Å². The number of anilines is 1. The number of nitriles is 2. The molecule has 0 aliphatic carbocycles. The summed E-state index contributed by atoms with van der Waals surface area (Å²) < 4.78 is 4.40. The second kappa shape index (κ2) is 9.33. The number of aromatic nitrogens is 4. The van der Waals surface area contributed by atoms with Crippen LogP contribution in [0, 0.1) is 22.7 Å². The lowest BCUT2D eigenvalue weighted by Gasteiger charge is -2.24. The van der Waals surface area contributed by atoms with Crippen LogP contribution in [0.2, 0.25) is 0 Å². The quantitative estimate of drug-likeness (QED) is 0.469. The molecule has 1 fully saturated rings. The second-order valence-electron chi connectivity index (χ2n) is 8.85. The molecule has 0 saturated carbocycles. The summed E-state index contributed by atoms with van der Waals surface area (Å²) in [6, 6.07) is 11.8. The Hall–Kier alpha value is -4.41. The predicted octanol–water partition coefficient (Wildman–Crippen LogP) is 1.66. The van der Waals surface area contributed by atoms with Crippen molar-refractivity contribution in [1.82, 2.24) is 24.0 Å². The minimum atomic E-state index is -0.536. The maximum Gasteiger partial charge on any atom is 0.331 e. The number of pyridine rings is 1. The largest absolute Gasteiger partial charge is 0.356 e. The van der Waals surface area contributed by atoms with E-state index in [0.29, 0.717) is 57.5 Å². The van der Waals surface area contributed by atoms with Crippen LogP contribution in [0.4, 0.5) is 5.82 Å². The molecule has 0 unspecified atom stereocenters. The molecule has 0 radical (unpaired) electrons. The minimum absolute atomic E-state index is 0.0763. The Kier molecular flexibility index (Phi) is 6.05. The first-order valence-electron chi connectivity index (χ1n) is 12.0. The third-order valence-corrected chi connectivity index (χ3v) is 6.90. The van der Waals surface area contributed by atoms with Crippen LogP contribution in [-0.2, 0) is 20.1 Å². The molecule has 36 heavy (non-hydrogen) atoms. The SMILES string of the molecule is CCn1c(N2CCCNCC2)c(C#N)c2c1c(=O)n(Cc1c(C#N)cnc3ccccc13)c(=O)n2C. The Labute approximate surface area is 207 Å². The number of aryl methyl sites for hydroxylation is 2. The van der Waals surface area contributed by atoms with Crippen LogP contribution < -0.4 is 21.5 Å². The van der Waals surface area contributed by atoms with Crippen molar-refractivity contribution >= 4 is 27.8 Å². The van der Waals surface area contributed by atoms with Crippen molar-refractivity contribution < 1.29 is 0 Å². The Bertz CT molecular complexity index is 1690. The fourth-order valence-electron chi connectivity index (χ4n) is 5.19. The summed E-state index contributed by atoms with van der Waals surface area (Å²) >= 11 is 0. The first kappa shape index (κ1) is 23.3. The van der Waals surface area contributed by atoms with E-state index in [1.807, 2.05) is 35.8 Å². The normalized spacial score (nSPS) is 14.1. The number of fused-ring (bicyclic) bond motifs is 2. The van der Waals surface area contributed by atoms with E-state index in [9.17, 15) is 20.1 Å². The van der Waals surface area contributed by atoms with Gasteiger partial charge < -0.3 is 14.8 Å². The molecule has 0 bridgehead atoms. The summed E-state index contributed by atoms with van der Waals surface area (Å²) in [6.45, 7) is 5.41. The predicted molar refractivity (Wildman–Crippen MR) is 137 cm³/mol. The van der Waals surface area contributed by atoms with Gasteiger partial charge in [0.1, 0.15) is 29.0 Å². The number of nitrogens with one attached hydrogen (secondary N) is 1. The van der Waals surface area contributed by atoms with E-state index in [1.165, 1.54) is 10.8 Å². The molecule has 4 aromatic rings. The van der Waals surface area contributed by atoms with E-state index >= 15 is 0 Å². The summed E-state index contributed by atoms with van der Waals surface area (Å²) in [5.41, 5.74) is 1.54. The van der Waals surface area contributed by atoms with Gasteiger partial charge in [-0.3, -0.25) is 18.9 Å². The van der Waals surface area contributed by atoms with Gasteiger partial charge in [0.25, 0.3) is 5.56 Å². The molecule has 10 heteroatoms. The smallest absolute Gasteiger partial charge is 0.331 e. The molecule has 10 nitrogen and oxygen atoms in total. The van der Waals surface area contributed by atoms with Gasteiger partial charge in [-0.2, -0.15) is 10.5 Å². The van der Waals surface area contributed by atoms with Crippen LogP contribution in [0.5, 0.6) is 0 Å². The van der Waals surface area contributed by atoms with Crippen molar-refractivity contribution in [2.24, 2.45) is 7.05 Å². The van der Waals surface area contributed by atoms with Gasteiger partial charge >= 0.3 is 5.69 Å². The van der Waals surface area contributed by atoms with Crippen molar-refractivity contribution in [1.29, 1.82) is 10.5 Å². The zero-order valence-corrected chi connectivity index (χ0v) is 20.3. The lowest BCUT2D eigenvalue weighted by atomic mass is 10.0. The topological polar surface area (TPSA) is 125 Å². The van der Waals surface area contributed by atoms with Crippen molar-refractivity contribution in [2.45, 2.75) is 26.4 Å². The zero-order valence-electron chi connectivity index (χ0n) is 20.3. The summed E-state index contributed by atoms with van der Waals surface area (Å²) in [7, 11) is 1.59. The average Bonchev–Trinajstić information content (AvgIpc) is 3.02. The fourth-order valence-corrected chi connectivity index (χ4v) is 5.19. The summed E-state index contributed by atoms with van der Waals surface area (Å²) in [5, 5.41) is 24.0. The van der Waals surface area contributed by atoms with Crippen molar-refractivity contribution in [2.75, 3.05) is 31.1 Å². The Morgan fingerprint density at radius 2 is 1.86 bits per heavy atom. The molecular weight excluding hydrogens is 456 g/mol. The molecule has 3 aromatic heterocycles. The standard InChI is InChI=1S/C26H26N8O2/c1-3-33-23-22(19(14-28)24(33)32-11-6-9-29-10-12-32)31(2)26(36)34(25(23)35)16-20-17(13-27)15-30-21-8-5-4-7-18(20)21/h4-5,7-8,15,29H,3,6,9-12,16H2,1-2H3. The molecule has 1 aliphatic heterocycles. The van der Waals surface area contributed by atoms with Crippen molar-refractivity contribution in [3.8, 4) is 12.1 Å². The highest BCUT2D eigenvalue weighted by Gasteiger charge is 2.28. The average molecular weight is 483 g/mol. The van der Waals surface area contributed by atoms with Gasteiger partial charge in [0, 0.05) is 50.4 Å². The Morgan fingerprint density at radius 3 is 2.61 bits per heavy atom. The minimum Gasteiger partial charge on any atom is -0.356 e. The monoisotopic (exact) mass is 482 g/mol. The van der Waals surface area contributed by atoms with Crippen LogP contribution in [0.3, 0.4) is 0 Å². The lowest BCUT2D eigenvalue weighted by Crippen LogP contribution is -2.40. The number of hydrogen-bond donors (Lipinski definition) is 1. The summed E-state index contributed by atoms with van der Waals surface area (Å²) in [4.78, 5) is 33.9. The van der Waals surface area contributed by atoms with Crippen LogP contribution in [-0.4, -0.2) is 44.9 Å². The number of benzene rings is 1. The highest BCUT2D eigenvalue weighted by atomic mass is 16.2. The van der Waals surface area contributed by atoms with Gasteiger partial charge in [-0.05, 0) is 26.0 Å². The molecule has 1 aromatic carbocycles. The molecule has 0 spiro atoms. The van der Waals surface area contributed by atoms with Gasteiger partial charge in [0.2, 0.25) is 0 Å². The Morgan fingerprint density at radius 1 is 1.06 bits per heavy atom. The molecule has 0 atom stereocenters. The van der Waals surface area contributed by atoms with E-state index in [2.05, 4.69) is 27.3 Å². The third kappa shape index (κ3) is 3.55. The van der Waals surface area contributed by atoms with Gasteiger partial charge in [-0.15, -0.1) is 0 Å². The fraction of sp³-hybridized carbons (Fsp3) is 0.346. The van der Waals surface area contributed by atoms with Gasteiger partial charge in [0.05, 0.1) is 23.1 Å². The first-order chi connectivity index (χ1) is 17.5. The van der Waals surface area contributed by atoms with Crippen LogP contribution in [0.15, 0.2) is 40.1 Å². The first-order valence-corrected chi connectivity index (χ1v) is 12.0. The number of hydrogen-bond acceptors (Lipinski definition) is 7. The zero-order chi connectivity index (χ0) is 25.4. The van der Waals surface area contributed by atoms with E-state index in [0.717, 1.165) is 30.6 Å². The molecule has 1 N–H and O–H groups in total. The summed E-state index contributed by atoms with van der Waals surface area (Å²) in [6.07, 6.45) is 2.38. The number of rotatable bonds is 4. The van der Waals surface area contributed by atoms with Gasteiger partial charge in [-0.25, -0.2) is 4.79 Å². The molecule has 1 aliphatic rings. The second-order valence-corrected chi connectivity index (χ2v) is 8.85. The highest BCUT2D eigenvalue weighted by molar-refractivity contribution is 5.90. The maximum absolute atomic E-state index is 13.9. The van der Waals surface area contributed by atoms with E-state index in [1.54, 1.807) is 7.05 Å². The van der Waals surface area contributed by atoms with Crippen molar-refractivity contribution in [3.05, 3.63) is 68.0 Å². The van der Waals surface area contributed by atoms with E-state index in [4.69, 9.17) is 0 Å². The van der Waals surface area contributed by atoms with Crippen LogP contribution >= 0.6 is 0 Å². The lowest BCUT2D eigenvalue weighted by molar-refractivity contribution is 0.652. The maximum atomic E-state index is 13.9. The number of para-hydroxylation sites is 1. The van der Waals surface area contributed by atoms with E-state index in [-0.39, 0.29) is 6.54 Å². The summed E-state index contributed by atoms with van der Waals surface area (Å²) in [5.74, 6) is 0.677. The van der Waals surface area contributed by atoms with Crippen LogP contribution in [0.25, 0.3) is 21.9 Å². The molecule has 5 rings (SSSR count). The van der Waals surface area contributed by atoms with Gasteiger partial charge in [-0.1, -0.05) is 18.2 Å². The molecule has 0 amide bonds. The Balaban J connectivity index is 1.80. The van der Waals surface area contributed by atoms with Gasteiger partial charge in [0.15, 0.2) is 0 Å². The molecule has 1 saturated heterocycles.